The number of nitrogens with one attached hydrogen (secondary N) is 4. The minimum absolute atomic E-state index is 0.218. The maximum absolute atomic E-state index is 13.0. The van der Waals surface area contributed by atoms with Crippen LogP contribution in [0.25, 0.3) is 5.69 Å². The Labute approximate surface area is 236 Å². The van der Waals surface area contributed by atoms with Crippen molar-refractivity contribution < 1.29 is 23.9 Å². The lowest BCUT2D eigenvalue weighted by Gasteiger charge is -2.19. The molecule has 0 aliphatic carbocycles. The second kappa shape index (κ2) is 12.9. The Balaban J connectivity index is 1.61. The molecule has 12 heteroatoms. The quantitative estimate of drug-likeness (QED) is 0.222. The number of anilines is 2. The normalized spacial score (nSPS) is 10.8. The maximum Gasteiger partial charge on any atom is 0.407 e. The SMILES string of the molecule is C=CC(=O)Nc1cc(Cl)cc(NC(=O)c2cnn(-c3ccc(C(=O)NCCNC(=O)OC(C)(C)C)cc3)c2C)c1. The Hall–Kier alpha value is -4.64. The number of carbonyl (C=O) groups is 4. The van der Waals surface area contributed by atoms with Gasteiger partial charge in [-0.05, 0) is 76.2 Å². The van der Waals surface area contributed by atoms with Crippen LogP contribution in [-0.4, -0.2) is 52.3 Å². The molecule has 3 rings (SSSR count). The van der Waals surface area contributed by atoms with E-state index in [1.54, 1.807) is 74.8 Å². The molecule has 1 heterocycles. The zero-order valence-corrected chi connectivity index (χ0v) is 23.4. The second-order valence-corrected chi connectivity index (χ2v) is 10.1. The maximum atomic E-state index is 13.0. The number of amides is 4. The van der Waals surface area contributed by atoms with Crippen LogP contribution in [0, 0.1) is 6.92 Å². The highest BCUT2D eigenvalue weighted by Gasteiger charge is 2.17. The van der Waals surface area contributed by atoms with Crippen molar-refractivity contribution in [3.8, 4) is 5.69 Å². The first-order valence-corrected chi connectivity index (χ1v) is 12.7. The lowest BCUT2D eigenvalue weighted by Crippen LogP contribution is -2.37. The van der Waals surface area contributed by atoms with E-state index >= 15 is 0 Å². The highest BCUT2D eigenvalue weighted by Crippen LogP contribution is 2.24. The van der Waals surface area contributed by atoms with Crippen LogP contribution >= 0.6 is 11.6 Å². The van der Waals surface area contributed by atoms with E-state index in [0.29, 0.717) is 38.9 Å². The minimum atomic E-state index is -0.599. The molecule has 0 radical (unpaired) electrons. The van der Waals surface area contributed by atoms with Crippen LogP contribution in [0.4, 0.5) is 16.2 Å². The number of hydrogen-bond donors (Lipinski definition) is 4. The van der Waals surface area contributed by atoms with Crippen molar-refractivity contribution in [3.05, 3.63) is 83.2 Å². The average molecular weight is 567 g/mol. The van der Waals surface area contributed by atoms with Gasteiger partial charge >= 0.3 is 6.09 Å². The van der Waals surface area contributed by atoms with Gasteiger partial charge in [-0.15, -0.1) is 0 Å². The van der Waals surface area contributed by atoms with Crippen molar-refractivity contribution in [1.29, 1.82) is 0 Å². The largest absolute Gasteiger partial charge is 0.444 e. The van der Waals surface area contributed by atoms with Gasteiger partial charge in [-0.2, -0.15) is 5.10 Å². The summed E-state index contributed by atoms with van der Waals surface area (Å²) in [7, 11) is 0. The van der Waals surface area contributed by atoms with Crippen molar-refractivity contribution in [1.82, 2.24) is 20.4 Å². The Morgan fingerprint density at radius 3 is 2.23 bits per heavy atom. The number of ether oxygens (including phenoxy) is 1. The molecule has 3 aromatic rings. The molecule has 0 unspecified atom stereocenters. The van der Waals surface area contributed by atoms with Crippen LogP contribution in [0.3, 0.4) is 0 Å². The molecule has 4 amide bonds. The van der Waals surface area contributed by atoms with E-state index < -0.39 is 23.5 Å². The highest BCUT2D eigenvalue weighted by molar-refractivity contribution is 6.31. The summed E-state index contributed by atoms with van der Waals surface area (Å²) < 4.78 is 6.73. The summed E-state index contributed by atoms with van der Waals surface area (Å²) in [5.74, 6) is -1.13. The van der Waals surface area contributed by atoms with Gasteiger partial charge in [0.25, 0.3) is 11.8 Å². The summed E-state index contributed by atoms with van der Waals surface area (Å²) in [4.78, 5) is 48.7. The Morgan fingerprint density at radius 1 is 0.975 bits per heavy atom. The summed E-state index contributed by atoms with van der Waals surface area (Å²) in [5.41, 5.74) is 2.17. The Bertz CT molecular complexity index is 1430. The van der Waals surface area contributed by atoms with Crippen molar-refractivity contribution in [2.45, 2.75) is 33.3 Å². The number of benzene rings is 2. The third-order valence-electron chi connectivity index (χ3n) is 5.32. The van der Waals surface area contributed by atoms with E-state index in [-0.39, 0.29) is 19.0 Å². The van der Waals surface area contributed by atoms with Gasteiger partial charge in [0.05, 0.1) is 23.1 Å². The van der Waals surface area contributed by atoms with Gasteiger partial charge < -0.3 is 26.0 Å². The first-order chi connectivity index (χ1) is 18.9. The predicted octanol–water partition coefficient (Wildman–Crippen LogP) is 4.47. The number of hydrogen-bond acceptors (Lipinski definition) is 6. The van der Waals surface area contributed by atoms with Crippen molar-refractivity contribution in [2.75, 3.05) is 23.7 Å². The predicted molar refractivity (Wildman–Crippen MR) is 153 cm³/mol. The van der Waals surface area contributed by atoms with Crippen LogP contribution < -0.4 is 21.3 Å². The first-order valence-electron chi connectivity index (χ1n) is 12.3. The fraction of sp³-hybridized carbons (Fsp3) is 0.250. The molecule has 0 aliphatic heterocycles. The van der Waals surface area contributed by atoms with Crippen LogP contribution in [0.1, 0.15) is 47.2 Å². The summed E-state index contributed by atoms with van der Waals surface area (Å²) in [6.07, 6.45) is 2.01. The van der Waals surface area contributed by atoms with E-state index in [1.807, 2.05) is 0 Å². The number of nitrogens with zero attached hydrogens (tertiary/aromatic N) is 2. The van der Waals surface area contributed by atoms with Crippen molar-refractivity contribution in [2.24, 2.45) is 0 Å². The van der Waals surface area contributed by atoms with E-state index in [9.17, 15) is 19.2 Å². The lowest BCUT2D eigenvalue weighted by atomic mass is 10.2. The molecule has 1 aromatic heterocycles. The highest BCUT2D eigenvalue weighted by atomic mass is 35.5. The Kier molecular flexibility index (Phi) is 9.68. The second-order valence-electron chi connectivity index (χ2n) is 9.66. The number of aromatic nitrogens is 2. The van der Waals surface area contributed by atoms with Crippen LogP contribution in [0.5, 0.6) is 0 Å². The van der Waals surface area contributed by atoms with E-state index in [1.165, 1.54) is 6.20 Å². The third kappa shape index (κ3) is 8.43. The minimum Gasteiger partial charge on any atom is -0.444 e. The van der Waals surface area contributed by atoms with Gasteiger partial charge in [-0.3, -0.25) is 14.4 Å². The van der Waals surface area contributed by atoms with Crippen molar-refractivity contribution >= 4 is 46.8 Å². The molecule has 210 valence electrons. The molecule has 0 saturated carbocycles. The van der Waals surface area contributed by atoms with Gasteiger partial charge in [0.2, 0.25) is 5.91 Å². The molecule has 4 N–H and O–H groups in total. The van der Waals surface area contributed by atoms with E-state index in [4.69, 9.17) is 16.3 Å². The van der Waals surface area contributed by atoms with Crippen LogP contribution in [0.2, 0.25) is 5.02 Å². The lowest BCUT2D eigenvalue weighted by molar-refractivity contribution is -0.111. The molecule has 0 aliphatic rings. The molecule has 0 bridgehead atoms. The zero-order chi connectivity index (χ0) is 29.4. The van der Waals surface area contributed by atoms with Gasteiger partial charge in [0.1, 0.15) is 5.60 Å². The molecule has 11 nitrogen and oxygen atoms in total. The first kappa shape index (κ1) is 29.9. The van der Waals surface area contributed by atoms with Crippen molar-refractivity contribution in [3.63, 3.8) is 0 Å². The van der Waals surface area contributed by atoms with Gasteiger partial charge in [-0.25, -0.2) is 9.48 Å². The molecule has 0 atom stereocenters. The summed E-state index contributed by atoms with van der Waals surface area (Å²) in [5, 5.41) is 15.3. The zero-order valence-electron chi connectivity index (χ0n) is 22.6. The van der Waals surface area contributed by atoms with Gasteiger partial charge in [-0.1, -0.05) is 18.2 Å². The average Bonchev–Trinajstić information content (AvgIpc) is 3.26. The summed E-state index contributed by atoms with van der Waals surface area (Å²) in [6, 6.07) is 11.4. The van der Waals surface area contributed by atoms with Crippen LogP contribution in [-0.2, 0) is 9.53 Å². The fourth-order valence-corrected chi connectivity index (χ4v) is 3.76. The summed E-state index contributed by atoms with van der Waals surface area (Å²) in [6.45, 7) is 10.9. The molecular formula is C28H31ClN6O5. The van der Waals surface area contributed by atoms with Gasteiger partial charge in [0, 0.05) is 35.1 Å². The molecule has 0 fully saturated rings. The summed E-state index contributed by atoms with van der Waals surface area (Å²) >= 11 is 6.13. The number of halogens is 1. The molecule has 0 spiro atoms. The third-order valence-corrected chi connectivity index (χ3v) is 5.53. The molecule has 2 aromatic carbocycles. The monoisotopic (exact) mass is 566 g/mol. The molecular weight excluding hydrogens is 536 g/mol. The number of carbonyl (C=O) groups excluding carboxylic acids is 4. The topological polar surface area (TPSA) is 143 Å². The smallest absolute Gasteiger partial charge is 0.407 e. The Morgan fingerprint density at radius 2 is 1.60 bits per heavy atom. The standard InChI is InChI=1S/C28H31ClN6O5/c1-6-24(36)33-20-13-19(29)14-21(15-20)34-26(38)23-16-32-35(17(23)2)22-9-7-18(8-10-22)25(37)30-11-12-31-27(39)40-28(3,4)5/h6-10,13-16H,1,11-12H2,2-5H3,(H,30,37)(H,31,39)(H,33,36)(H,34,38). The van der Waals surface area contributed by atoms with E-state index in [0.717, 1.165) is 6.08 Å². The molecule has 40 heavy (non-hydrogen) atoms. The molecule has 0 saturated heterocycles. The van der Waals surface area contributed by atoms with E-state index in [2.05, 4.69) is 32.9 Å². The van der Waals surface area contributed by atoms with Crippen LogP contribution in [0.15, 0.2) is 61.3 Å². The number of alkyl carbamates (subject to hydrolysis) is 1. The number of rotatable bonds is 9. The van der Waals surface area contributed by atoms with Gasteiger partial charge in [0.15, 0.2) is 0 Å². The fourth-order valence-electron chi connectivity index (χ4n) is 3.53.